The predicted molar refractivity (Wildman–Crippen MR) is 145 cm³/mol. The molecule has 0 radical (unpaired) electrons. The van der Waals surface area contributed by atoms with Gasteiger partial charge in [0.1, 0.15) is 11.8 Å². The van der Waals surface area contributed by atoms with E-state index >= 15 is 0 Å². The Balaban J connectivity index is 1.90. The van der Waals surface area contributed by atoms with Crippen molar-refractivity contribution in [2.45, 2.75) is 52.6 Å². The molecule has 0 aliphatic heterocycles. The van der Waals surface area contributed by atoms with Crippen LogP contribution in [0.1, 0.15) is 42.5 Å². The van der Waals surface area contributed by atoms with Crippen LogP contribution in [0.5, 0.6) is 5.75 Å². The van der Waals surface area contributed by atoms with Crippen LogP contribution in [0.4, 0.5) is 0 Å². The van der Waals surface area contributed by atoms with Crippen molar-refractivity contribution in [3.63, 3.8) is 0 Å². The van der Waals surface area contributed by atoms with E-state index in [1.807, 2.05) is 54.6 Å². The molecule has 0 aromatic heterocycles. The van der Waals surface area contributed by atoms with E-state index in [4.69, 9.17) is 4.74 Å². The van der Waals surface area contributed by atoms with E-state index in [2.05, 4.69) is 50.4 Å². The summed E-state index contributed by atoms with van der Waals surface area (Å²) in [7, 11) is 1.63. The van der Waals surface area contributed by atoms with Gasteiger partial charge in [0.05, 0.1) is 7.11 Å². The van der Waals surface area contributed by atoms with E-state index in [1.54, 1.807) is 12.0 Å². The molecule has 0 bridgehead atoms. The van der Waals surface area contributed by atoms with Crippen molar-refractivity contribution in [1.29, 1.82) is 0 Å². The van der Waals surface area contributed by atoms with Gasteiger partial charge >= 0.3 is 0 Å². The molecule has 2 amide bonds. The molecule has 0 fully saturated rings. The third-order valence-electron chi connectivity index (χ3n) is 6.19. The van der Waals surface area contributed by atoms with Gasteiger partial charge in [0.15, 0.2) is 0 Å². The van der Waals surface area contributed by atoms with E-state index < -0.39 is 6.04 Å². The summed E-state index contributed by atoms with van der Waals surface area (Å²) in [5, 5.41) is 3.07. The Morgan fingerprint density at radius 2 is 1.58 bits per heavy atom. The van der Waals surface area contributed by atoms with Crippen LogP contribution < -0.4 is 10.1 Å². The van der Waals surface area contributed by atoms with Gasteiger partial charge in [-0.1, -0.05) is 86.1 Å². The number of carbonyl (C=O) groups excluding carboxylic acids is 2. The van der Waals surface area contributed by atoms with Gasteiger partial charge in [-0.2, -0.15) is 0 Å². The number of carbonyl (C=O) groups is 2. The first-order chi connectivity index (χ1) is 17.4. The molecule has 5 heteroatoms. The van der Waals surface area contributed by atoms with Crippen molar-refractivity contribution in [2.75, 3.05) is 13.7 Å². The summed E-state index contributed by atoms with van der Waals surface area (Å²) in [5.74, 6) is 0.872. The number of nitrogens with zero attached hydrogens (tertiary/aromatic N) is 1. The summed E-state index contributed by atoms with van der Waals surface area (Å²) < 4.78 is 5.40. The predicted octanol–water partition coefficient (Wildman–Crippen LogP) is 5.35. The maximum absolute atomic E-state index is 13.7. The highest BCUT2D eigenvalue weighted by atomic mass is 16.5. The average molecular weight is 487 g/mol. The Morgan fingerprint density at radius 1 is 0.889 bits per heavy atom. The molecule has 1 atom stereocenters. The van der Waals surface area contributed by atoms with E-state index in [0.29, 0.717) is 38.3 Å². The highest BCUT2D eigenvalue weighted by Gasteiger charge is 2.30. The van der Waals surface area contributed by atoms with Crippen LogP contribution in [0.2, 0.25) is 0 Å². The molecule has 0 saturated carbocycles. The molecule has 0 heterocycles. The maximum Gasteiger partial charge on any atom is 0.243 e. The first-order valence-corrected chi connectivity index (χ1v) is 12.6. The second-order valence-corrected chi connectivity index (χ2v) is 9.70. The normalized spacial score (nSPS) is 11.7. The van der Waals surface area contributed by atoms with Crippen LogP contribution in [0.15, 0.2) is 78.9 Å². The molecular formula is C31H38N2O3. The summed E-state index contributed by atoms with van der Waals surface area (Å²) in [4.78, 5) is 29.0. The van der Waals surface area contributed by atoms with Crippen LogP contribution in [-0.4, -0.2) is 36.4 Å². The number of nitrogens with one attached hydrogen (secondary N) is 1. The number of aryl methyl sites for hydroxylation is 2. The zero-order valence-electron chi connectivity index (χ0n) is 21.9. The summed E-state index contributed by atoms with van der Waals surface area (Å²) in [5.41, 5.74) is 4.24. The van der Waals surface area contributed by atoms with Crippen molar-refractivity contribution < 1.29 is 14.3 Å². The van der Waals surface area contributed by atoms with Crippen molar-refractivity contribution in [3.8, 4) is 5.75 Å². The number of methoxy groups -OCH3 is 1. The molecule has 3 rings (SSSR count). The van der Waals surface area contributed by atoms with Crippen molar-refractivity contribution >= 4 is 11.8 Å². The van der Waals surface area contributed by atoms with Gasteiger partial charge in [-0.25, -0.2) is 0 Å². The van der Waals surface area contributed by atoms with E-state index in [9.17, 15) is 9.59 Å². The summed E-state index contributed by atoms with van der Waals surface area (Å²) >= 11 is 0. The average Bonchev–Trinajstić information content (AvgIpc) is 2.89. The number of ether oxygens (including phenoxy) is 1. The van der Waals surface area contributed by atoms with Gasteiger partial charge in [0, 0.05) is 25.9 Å². The smallest absolute Gasteiger partial charge is 0.243 e. The largest absolute Gasteiger partial charge is 0.497 e. The lowest BCUT2D eigenvalue weighted by molar-refractivity contribution is -0.141. The van der Waals surface area contributed by atoms with Crippen LogP contribution in [0, 0.1) is 12.8 Å². The molecule has 0 aliphatic carbocycles. The van der Waals surface area contributed by atoms with E-state index in [0.717, 1.165) is 22.4 Å². The van der Waals surface area contributed by atoms with Crippen molar-refractivity contribution in [3.05, 3.63) is 101 Å². The molecular weight excluding hydrogens is 448 g/mol. The van der Waals surface area contributed by atoms with Gasteiger partial charge < -0.3 is 15.0 Å². The lowest BCUT2D eigenvalue weighted by Gasteiger charge is -2.32. The first kappa shape index (κ1) is 27.0. The molecule has 3 aromatic carbocycles. The molecule has 5 nitrogen and oxygen atoms in total. The van der Waals surface area contributed by atoms with Crippen LogP contribution in [0.25, 0.3) is 0 Å². The quantitative estimate of drug-likeness (QED) is 0.376. The minimum atomic E-state index is -0.622. The zero-order chi connectivity index (χ0) is 25.9. The topological polar surface area (TPSA) is 58.6 Å². The second kappa shape index (κ2) is 13.5. The van der Waals surface area contributed by atoms with Crippen molar-refractivity contribution in [2.24, 2.45) is 5.92 Å². The second-order valence-electron chi connectivity index (χ2n) is 9.70. The van der Waals surface area contributed by atoms with Crippen LogP contribution >= 0.6 is 0 Å². The standard InChI is InChI=1S/C31H38N2O3/c1-23(2)21-32-31(35)29(20-26-9-6-5-7-10-26)33(22-27-11-8-12-28(19-27)36-4)30(34)18-17-25-15-13-24(3)14-16-25/h5-16,19,23,29H,17-18,20-22H2,1-4H3,(H,32,35). The molecule has 1 unspecified atom stereocenters. The molecule has 0 spiro atoms. The Kier molecular flexibility index (Phi) is 10.1. The summed E-state index contributed by atoms with van der Waals surface area (Å²) in [6, 6.07) is 25.2. The maximum atomic E-state index is 13.7. The Morgan fingerprint density at radius 3 is 2.25 bits per heavy atom. The van der Waals surface area contributed by atoms with E-state index in [1.165, 1.54) is 5.56 Å². The van der Waals surface area contributed by atoms with Crippen LogP contribution in [-0.2, 0) is 29.0 Å². The van der Waals surface area contributed by atoms with Crippen molar-refractivity contribution in [1.82, 2.24) is 10.2 Å². The Hall–Kier alpha value is -3.60. The molecule has 0 aliphatic rings. The highest BCUT2D eigenvalue weighted by molar-refractivity contribution is 5.88. The SMILES string of the molecule is COc1cccc(CN(C(=O)CCc2ccc(C)cc2)C(Cc2ccccc2)C(=O)NCC(C)C)c1. The zero-order valence-corrected chi connectivity index (χ0v) is 21.9. The van der Waals surface area contributed by atoms with Gasteiger partial charge in [-0.3, -0.25) is 9.59 Å². The van der Waals surface area contributed by atoms with E-state index in [-0.39, 0.29) is 11.8 Å². The minimum Gasteiger partial charge on any atom is -0.497 e. The fraction of sp³-hybridized carbons (Fsp3) is 0.355. The lowest BCUT2D eigenvalue weighted by Crippen LogP contribution is -2.51. The number of amides is 2. The third kappa shape index (κ3) is 8.26. The third-order valence-corrected chi connectivity index (χ3v) is 6.19. The molecule has 190 valence electrons. The molecule has 36 heavy (non-hydrogen) atoms. The number of benzene rings is 3. The molecule has 3 aromatic rings. The van der Waals surface area contributed by atoms with Crippen LogP contribution in [0.3, 0.4) is 0 Å². The molecule has 0 saturated heterocycles. The molecule has 1 N–H and O–H groups in total. The Bertz CT molecular complexity index is 1110. The fourth-order valence-corrected chi connectivity index (χ4v) is 4.09. The summed E-state index contributed by atoms with van der Waals surface area (Å²) in [6.45, 7) is 7.07. The first-order valence-electron chi connectivity index (χ1n) is 12.6. The van der Waals surface area contributed by atoms with Gasteiger partial charge in [0.25, 0.3) is 0 Å². The van der Waals surface area contributed by atoms with Gasteiger partial charge in [-0.15, -0.1) is 0 Å². The van der Waals surface area contributed by atoms with Gasteiger partial charge in [-0.05, 0) is 48.1 Å². The monoisotopic (exact) mass is 486 g/mol. The van der Waals surface area contributed by atoms with Gasteiger partial charge in [0.2, 0.25) is 11.8 Å². The Labute approximate surface area is 215 Å². The summed E-state index contributed by atoms with van der Waals surface area (Å²) in [6.07, 6.45) is 1.40. The number of hydrogen-bond donors (Lipinski definition) is 1. The fourth-order valence-electron chi connectivity index (χ4n) is 4.09. The number of hydrogen-bond acceptors (Lipinski definition) is 3. The minimum absolute atomic E-state index is 0.0426. The highest BCUT2D eigenvalue weighted by Crippen LogP contribution is 2.20. The number of rotatable bonds is 12. The lowest BCUT2D eigenvalue weighted by atomic mass is 10.0.